The van der Waals surface area contributed by atoms with Gasteiger partial charge in [0.15, 0.2) is 0 Å². The van der Waals surface area contributed by atoms with Gasteiger partial charge < -0.3 is 0 Å². The number of aromatic nitrogens is 3. The van der Waals surface area contributed by atoms with Crippen LogP contribution in [-0.4, -0.2) is 20.7 Å². The molecule has 1 aromatic carbocycles. The average molecular weight is 281 g/mol. The van der Waals surface area contributed by atoms with Crippen LogP contribution in [-0.2, 0) is 6.54 Å². The smallest absolute Gasteiger partial charge is 0.265 e. The maximum absolute atomic E-state index is 12.0. The Morgan fingerprint density at radius 2 is 2.10 bits per heavy atom. The summed E-state index contributed by atoms with van der Waals surface area (Å²) in [6.07, 6.45) is 1.88. The van der Waals surface area contributed by atoms with E-state index in [4.69, 9.17) is 5.84 Å². The fraction of sp³-hybridized carbons (Fsp3) is 0.133. The fourth-order valence-electron chi connectivity index (χ4n) is 2.25. The Labute approximate surface area is 121 Å². The largest absolute Gasteiger partial charge is 0.290 e. The highest BCUT2D eigenvalue weighted by Crippen LogP contribution is 2.23. The van der Waals surface area contributed by atoms with Gasteiger partial charge in [0, 0.05) is 18.1 Å². The van der Waals surface area contributed by atoms with Crippen LogP contribution in [0.15, 0.2) is 42.6 Å². The minimum Gasteiger partial charge on any atom is -0.290 e. The van der Waals surface area contributed by atoms with Crippen LogP contribution in [0.5, 0.6) is 0 Å². The quantitative estimate of drug-likeness (QED) is 0.435. The maximum Gasteiger partial charge on any atom is 0.265 e. The van der Waals surface area contributed by atoms with Crippen LogP contribution in [0.4, 0.5) is 0 Å². The van der Waals surface area contributed by atoms with Crippen molar-refractivity contribution in [3.63, 3.8) is 0 Å². The molecule has 0 saturated heterocycles. The van der Waals surface area contributed by atoms with Gasteiger partial charge in [-0.05, 0) is 25.1 Å². The lowest BCUT2D eigenvalue weighted by Crippen LogP contribution is -2.30. The Hall–Kier alpha value is -2.73. The van der Waals surface area contributed by atoms with Crippen LogP contribution in [0, 0.1) is 0 Å². The van der Waals surface area contributed by atoms with Crippen LogP contribution >= 0.6 is 0 Å². The molecular weight excluding hydrogens is 266 g/mol. The number of carbonyl (C=O) groups excluding carboxylic acids is 1. The van der Waals surface area contributed by atoms with E-state index < -0.39 is 0 Å². The van der Waals surface area contributed by atoms with Crippen LogP contribution < -0.4 is 11.3 Å². The summed E-state index contributed by atoms with van der Waals surface area (Å²) >= 11 is 0. The van der Waals surface area contributed by atoms with Crippen molar-refractivity contribution < 1.29 is 4.79 Å². The lowest BCUT2D eigenvalue weighted by atomic mass is 10.1. The molecular formula is C15H15N5O. The van der Waals surface area contributed by atoms with Crippen molar-refractivity contribution in [3.05, 3.63) is 48.2 Å². The van der Waals surface area contributed by atoms with Crippen molar-refractivity contribution in [2.45, 2.75) is 13.5 Å². The van der Waals surface area contributed by atoms with Crippen molar-refractivity contribution in [1.82, 2.24) is 20.2 Å². The van der Waals surface area contributed by atoms with Gasteiger partial charge >= 0.3 is 0 Å². The zero-order valence-corrected chi connectivity index (χ0v) is 11.6. The third-order valence-electron chi connectivity index (χ3n) is 3.32. The molecule has 6 heteroatoms. The third-order valence-corrected chi connectivity index (χ3v) is 3.32. The standard InChI is InChI=1S/C15H15N5O/c1-2-20-8-7-13(19-20)14-9-11(15(21)18-16)10-5-3-4-6-12(10)17-14/h3-9H,2,16H2,1H3,(H,18,21). The van der Waals surface area contributed by atoms with Gasteiger partial charge in [0.2, 0.25) is 0 Å². The molecule has 0 saturated carbocycles. The molecule has 21 heavy (non-hydrogen) atoms. The summed E-state index contributed by atoms with van der Waals surface area (Å²) in [7, 11) is 0. The second-order valence-corrected chi connectivity index (χ2v) is 4.60. The Kier molecular flexibility index (Phi) is 3.37. The van der Waals surface area contributed by atoms with Crippen molar-refractivity contribution in [3.8, 4) is 11.4 Å². The molecule has 3 N–H and O–H groups in total. The van der Waals surface area contributed by atoms with E-state index >= 15 is 0 Å². The number of fused-ring (bicyclic) bond motifs is 1. The molecule has 0 atom stereocenters. The monoisotopic (exact) mass is 281 g/mol. The highest BCUT2D eigenvalue weighted by Gasteiger charge is 2.14. The van der Waals surface area contributed by atoms with E-state index in [0.717, 1.165) is 23.1 Å². The number of pyridine rings is 1. The summed E-state index contributed by atoms with van der Waals surface area (Å²) in [6.45, 7) is 2.79. The lowest BCUT2D eigenvalue weighted by molar-refractivity contribution is 0.0955. The predicted octanol–water partition coefficient (Wildman–Crippen LogP) is 1.72. The number of para-hydroxylation sites is 1. The minimum absolute atomic E-state index is 0.343. The topological polar surface area (TPSA) is 85.8 Å². The van der Waals surface area contributed by atoms with Gasteiger partial charge in [-0.2, -0.15) is 5.10 Å². The van der Waals surface area contributed by atoms with E-state index in [0.29, 0.717) is 11.3 Å². The second-order valence-electron chi connectivity index (χ2n) is 4.60. The van der Waals surface area contributed by atoms with Gasteiger partial charge in [-0.3, -0.25) is 14.9 Å². The normalized spacial score (nSPS) is 10.8. The van der Waals surface area contributed by atoms with Gasteiger partial charge in [0.25, 0.3) is 5.91 Å². The zero-order valence-electron chi connectivity index (χ0n) is 11.6. The van der Waals surface area contributed by atoms with Gasteiger partial charge in [-0.1, -0.05) is 18.2 Å². The molecule has 0 aliphatic heterocycles. The van der Waals surface area contributed by atoms with Crippen LogP contribution in [0.3, 0.4) is 0 Å². The van der Waals surface area contributed by atoms with Gasteiger partial charge in [0.1, 0.15) is 5.69 Å². The van der Waals surface area contributed by atoms with Gasteiger partial charge in [-0.15, -0.1) is 0 Å². The van der Waals surface area contributed by atoms with E-state index in [1.807, 2.05) is 48.1 Å². The zero-order chi connectivity index (χ0) is 14.8. The number of nitrogens with one attached hydrogen (secondary N) is 1. The molecule has 6 nitrogen and oxygen atoms in total. The summed E-state index contributed by atoms with van der Waals surface area (Å²) in [5.74, 6) is 4.93. The molecule has 1 amide bonds. The highest BCUT2D eigenvalue weighted by atomic mass is 16.2. The summed E-state index contributed by atoms with van der Waals surface area (Å²) in [6, 6.07) is 11.1. The predicted molar refractivity (Wildman–Crippen MR) is 80.3 cm³/mol. The molecule has 0 radical (unpaired) electrons. The number of benzene rings is 1. The Morgan fingerprint density at radius 3 is 2.81 bits per heavy atom. The lowest BCUT2D eigenvalue weighted by Gasteiger charge is -2.07. The molecule has 0 aliphatic carbocycles. The average Bonchev–Trinajstić information content (AvgIpc) is 3.02. The third kappa shape index (κ3) is 2.36. The number of hydrogen-bond donors (Lipinski definition) is 2. The fourth-order valence-corrected chi connectivity index (χ4v) is 2.25. The van der Waals surface area contributed by atoms with Crippen LogP contribution in [0.1, 0.15) is 17.3 Å². The summed E-state index contributed by atoms with van der Waals surface area (Å²) in [5.41, 5.74) is 4.78. The Balaban J connectivity index is 2.22. The van der Waals surface area contributed by atoms with Gasteiger partial charge in [-0.25, -0.2) is 10.8 Å². The molecule has 0 aliphatic rings. The number of aryl methyl sites for hydroxylation is 1. The van der Waals surface area contributed by atoms with Crippen LogP contribution in [0.2, 0.25) is 0 Å². The summed E-state index contributed by atoms with van der Waals surface area (Å²) in [4.78, 5) is 16.6. The van der Waals surface area contributed by atoms with Crippen molar-refractivity contribution in [2.75, 3.05) is 0 Å². The number of carbonyl (C=O) groups is 1. The van der Waals surface area contributed by atoms with E-state index in [9.17, 15) is 4.79 Å². The molecule has 0 spiro atoms. The number of nitrogens with two attached hydrogens (primary N) is 1. The molecule has 0 unspecified atom stereocenters. The van der Waals surface area contributed by atoms with E-state index in [1.54, 1.807) is 6.07 Å². The molecule has 0 bridgehead atoms. The van der Waals surface area contributed by atoms with E-state index in [2.05, 4.69) is 15.5 Å². The molecule has 0 fully saturated rings. The number of rotatable bonds is 3. The highest BCUT2D eigenvalue weighted by molar-refractivity contribution is 6.06. The number of amides is 1. The van der Waals surface area contributed by atoms with Crippen LogP contribution in [0.25, 0.3) is 22.3 Å². The van der Waals surface area contributed by atoms with Crippen molar-refractivity contribution in [1.29, 1.82) is 0 Å². The first-order chi connectivity index (χ1) is 10.2. The first-order valence-electron chi connectivity index (χ1n) is 6.67. The summed E-state index contributed by atoms with van der Waals surface area (Å²) < 4.78 is 1.81. The molecule has 3 rings (SSSR count). The molecule has 2 heterocycles. The molecule has 3 aromatic rings. The van der Waals surface area contributed by atoms with Crippen molar-refractivity contribution >= 4 is 16.8 Å². The minimum atomic E-state index is -0.343. The first-order valence-corrected chi connectivity index (χ1v) is 6.67. The molecule has 106 valence electrons. The molecule has 2 aromatic heterocycles. The van der Waals surface area contributed by atoms with Gasteiger partial charge in [0.05, 0.1) is 16.8 Å². The van der Waals surface area contributed by atoms with Crippen molar-refractivity contribution in [2.24, 2.45) is 5.84 Å². The van der Waals surface area contributed by atoms with E-state index in [-0.39, 0.29) is 5.91 Å². The maximum atomic E-state index is 12.0. The summed E-state index contributed by atoms with van der Waals surface area (Å²) in [5, 5.41) is 5.19. The number of hydrogen-bond acceptors (Lipinski definition) is 4. The number of hydrazine groups is 1. The Morgan fingerprint density at radius 1 is 1.29 bits per heavy atom. The SMILES string of the molecule is CCn1ccc(-c2cc(C(=O)NN)c3ccccc3n2)n1. The number of nitrogens with zero attached hydrogens (tertiary/aromatic N) is 3. The second kappa shape index (κ2) is 5.34. The first kappa shape index (κ1) is 13.3. The van der Waals surface area contributed by atoms with E-state index in [1.165, 1.54) is 0 Å². The Bertz CT molecular complexity index is 809. The number of nitrogen functional groups attached to an aromatic ring is 1.